The molecular weight excluding hydrogens is 434 g/mol. The Morgan fingerprint density at radius 1 is 1.18 bits per heavy atom. The van der Waals surface area contributed by atoms with Gasteiger partial charge in [-0.05, 0) is 87.4 Å². The van der Waals surface area contributed by atoms with Crippen molar-refractivity contribution < 1.29 is 14.7 Å². The first kappa shape index (κ1) is 22.6. The van der Waals surface area contributed by atoms with Gasteiger partial charge in [0.05, 0.1) is 5.56 Å². The number of nitrogens with one attached hydrogen (secondary N) is 1. The second-order valence-corrected chi connectivity index (χ2v) is 9.44. The van der Waals surface area contributed by atoms with Crippen molar-refractivity contribution in [3.63, 3.8) is 0 Å². The summed E-state index contributed by atoms with van der Waals surface area (Å²) >= 11 is 1.54. The number of rotatable bonds is 5. The number of carboxylic acids is 1. The van der Waals surface area contributed by atoms with Crippen molar-refractivity contribution in [3.05, 3.63) is 74.4 Å². The lowest BCUT2D eigenvalue weighted by Gasteiger charge is -2.11. The number of benzene rings is 1. The summed E-state index contributed by atoms with van der Waals surface area (Å²) in [5.74, 6) is -1.39. The number of aryl methyl sites for hydroxylation is 3. The second-order valence-electron chi connectivity index (χ2n) is 8.35. The average Bonchev–Trinajstić information content (AvgIpc) is 3.28. The molecule has 0 saturated carbocycles. The predicted octanol–water partition coefficient (Wildman–Crippen LogP) is 5.59. The zero-order valence-corrected chi connectivity index (χ0v) is 19.7. The lowest BCUT2D eigenvalue weighted by Crippen LogP contribution is -2.13. The number of nitrogens with zero attached hydrogens (tertiary/aromatic N) is 2. The van der Waals surface area contributed by atoms with E-state index in [4.69, 9.17) is 0 Å². The van der Waals surface area contributed by atoms with E-state index in [9.17, 15) is 20.0 Å². The van der Waals surface area contributed by atoms with Crippen LogP contribution in [0.1, 0.15) is 56.2 Å². The molecule has 168 valence electrons. The van der Waals surface area contributed by atoms with Crippen LogP contribution in [0.25, 0.3) is 11.1 Å². The normalized spacial score (nSPS) is 13.3. The molecule has 0 bridgehead atoms. The minimum atomic E-state index is -0.913. The van der Waals surface area contributed by atoms with Gasteiger partial charge in [-0.2, -0.15) is 5.26 Å². The van der Waals surface area contributed by atoms with Gasteiger partial charge in [-0.1, -0.05) is 12.1 Å². The molecule has 0 radical (unpaired) electrons. The third kappa shape index (κ3) is 4.35. The minimum Gasteiger partial charge on any atom is -0.478 e. The second kappa shape index (κ2) is 9.08. The summed E-state index contributed by atoms with van der Waals surface area (Å²) in [6.45, 7) is 5.73. The maximum atomic E-state index is 12.7. The largest absolute Gasteiger partial charge is 0.478 e. The number of hydrogen-bond acceptors (Lipinski definition) is 4. The highest BCUT2D eigenvalue weighted by atomic mass is 32.1. The molecule has 33 heavy (non-hydrogen) atoms. The number of aromatic nitrogens is 1. The van der Waals surface area contributed by atoms with Gasteiger partial charge in [0, 0.05) is 22.0 Å². The van der Waals surface area contributed by atoms with Gasteiger partial charge in [-0.15, -0.1) is 11.3 Å². The summed E-state index contributed by atoms with van der Waals surface area (Å²) < 4.78 is 1.94. The maximum Gasteiger partial charge on any atom is 0.339 e. The van der Waals surface area contributed by atoms with Gasteiger partial charge < -0.3 is 15.0 Å². The number of carbonyl (C=O) groups is 2. The van der Waals surface area contributed by atoms with Crippen LogP contribution in [0, 0.1) is 32.1 Å². The summed E-state index contributed by atoms with van der Waals surface area (Å²) in [4.78, 5) is 26.0. The van der Waals surface area contributed by atoms with E-state index in [1.165, 1.54) is 11.3 Å². The topological polar surface area (TPSA) is 95.1 Å². The third-order valence-corrected chi connectivity index (χ3v) is 7.26. The molecular formula is C26H25N3O3S. The van der Waals surface area contributed by atoms with E-state index >= 15 is 0 Å². The van der Waals surface area contributed by atoms with Crippen molar-refractivity contribution in [2.75, 3.05) is 5.32 Å². The highest BCUT2D eigenvalue weighted by Crippen LogP contribution is 2.39. The number of fused-ring (bicyclic) bond motifs is 1. The van der Waals surface area contributed by atoms with Crippen molar-refractivity contribution in [3.8, 4) is 11.1 Å². The number of amides is 1. The Morgan fingerprint density at radius 3 is 2.64 bits per heavy atom. The zero-order chi connectivity index (χ0) is 23.7. The number of aromatic carboxylic acids is 1. The average molecular weight is 460 g/mol. The maximum absolute atomic E-state index is 12.7. The molecule has 1 aliphatic carbocycles. The number of anilines is 1. The minimum absolute atomic E-state index is 0.0133. The molecule has 1 aromatic carbocycles. The van der Waals surface area contributed by atoms with Gasteiger partial charge in [0.25, 0.3) is 5.91 Å². The van der Waals surface area contributed by atoms with Crippen LogP contribution in [-0.2, 0) is 17.6 Å². The zero-order valence-electron chi connectivity index (χ0n) is 18.9. The summed E-state index contributed by atoms with van der Waals surface area (Å²) in [6, 6.07) is 11.3. The molecule has 1 amide bonds. The molecule has 0 unspecified atom stereocenters. The standard InChI is InChI=1S/C26H25N3O3S/c1-15-7-6-8-20(11-15)28-24(30)19(14-27)13-18-12-16(2)29(17(18)3)25-23(26(31)32)21-9-4-5-10-22(21)33-25/h6-8,11-13H,4-5,9-10H2,1-3H3,(H,28,30)(H,31,32)/b19-13-. The molecule has 0 fully saturated rings. The number of carboxylic acid groups (broad SMARTS) is 1. The summed E-state index contributed by atoms with van der Waals surface area (Å²) in [6.07, 6.45) is 5.34. The van der Waals surface area contributed by atoms with Gasteiger partial charge in [0.2, 0.25) is 0 Å². The molecule has 7 heteroatoms. The molecule has 2 heterocycles. The fraction of sp³-hybridized carbons (Fsp3) is 0.269. The lowest BCUT2D eigenvalue weighted by atomic mass is 9.95. The monoisotopic (exact) mass is 459 g/mol. The first-order valence-corrected chi connectivity index (χ1v) is 11.7. The van der Waals surface area contributed by atoms with E-state index in [0.29, 0.717) is 21.8 Å². The number of nitriles is 1. The number of hydrogen-bond donors (Lipinski definition) is 2. The van der Waals surface area contributed by atoms with Gasteiger partial charge in [0.1, 0.15) is 16.6 Å². The van der Waals surface area contributed by atoms with Crippen LogP contribution < -0.4 is 5.32 Å². The highest BCUT2D eigenvalue weighted by molar-refractivity contribution is 7.15. The Hall–Kier alpha value is -3.63. The van der Waals surface area contributed by atoms with Crippen LogP contribution in [0.2, 0.25) is 0 Å². The SMILES string of the molecule is Cc1cccc(NC(=O)/C(C#N)=C\c2cc(C)n(-c3sc4c(c3C(=O)O)CCCC4)c2C)c1. The van der Waals surface area contributed by atoms with Crippen LogP contribution in [0.4, 0.5) is 5.69 Å². The van der Waals surface area contributed by atoms with Crippen LogP contribution >= 0.6 is 11.3 Å². The molecule has 2 aromatic heterocycles. The van der Waals surface area contributed by atoms with E-state index in [1.807, 2.05) is 55.7 Å². The molecule has 0 saturated heterocycles. The Kier molecular flexibility index (Phi) is 6.21. The molecule has 6 nitrogen and oxygen atoms in total. The van der Waals surface area contributed by atoms with Gasteiger partial charge >= 0.3 is 5.97 Å². The fourth-order valence-corrected chi connectivity index (χ4v) is 5.89. The van der Waals surface area contributed by atoms with Crippen molar-refractivity contribution >= 4 is 35.0 Å². The molecule has 0 aliphatic heterocycles. The van der Waals surface area contributed by atoms with E-state index in [0.717, 1.165) is 53.1 Å². The molecule has 4 rings (SSSR count). The van der Waals surface area contributed by atoms with Crippen molar-refractivity contribution in [2.24, 2.45) is 0 Å². The number of carbonyl (C=O) groups excluding carboxylic acids is 1. The number of thiophene rings is 1. The van der Waals surface area contributed by atoms with Crippen molar-refractivity contribution in [1.82, 2.24) is 4.57 Å². The summed E-state index contributed by atoms with van der Waals surface area (Å²) in [5.41, 5.74) is 5.32. The van der Waals surface area contributed by atoms with Crippen molar-refractivity contribution in [1.29, 1.82) is 5.26 Å². The smallest absolute Gasteiger partial charge is 0.339 e. The first-order valence-electron chi connectivity index (χ1n) is 10.9. The van der Waals surface area contributed by atoms with Gasteiger partial charge in [-0.25, -0.2) is 4.79 Å². The first-order chi connectivity index (χ1) is 15.8. The predicted molar refractivity (Wildman–Crippen MR) is 130 cm³/mol. The van der Waals surface area contributed by atoms with E-state index < -0.39 is 11.9 Å². The van der Waals surface area contributed by atoms with Crippen LogP contribution in [0.5, 0.6) is 0 Å². The quantitative estimate of drug-likeness (QED) is 0.384. The van der Waals surface area contributed by atoms with E-state index in [2.05, 4.69) is 5.32 Å². The molecule has 3 aromatic rings. The molecule has 2 N–H and O–H groups in total. The van der Waals surface area contributed by atoms with Crippen LogP contribution in [0.15, 0.2) is 35.9 Å². The molecule has 0 atom stereocenters. The molecule has 1 aliphatic rings. The fourth-order valence-electron chi connectivity index (χ4n) is 4.40. The van der Waals surface area contributed by atoms with Gasteiger partial charge in [-0.3, -0.25) is 4.79 Å². The molecule has 0 spiro atoms. The Balaban J connectivity index is 1.73. The van der Waals surface area contributed by atoms with Crippen LogP contribution in [0.3, 0.4) is 0 Å². The van der Waals surface area contributed by atoms with E-state index in [-0.39, 0.29) is 5.57 Å². The Morgan fingerprint density at radius 2 is 1.94 bits per heavy atom. The van der Waals surface area contributed by atoms with Gasteiger partial charge in [0.15, 0.2) is 0 Å². The third-order valence-electron chi connectivity index (χ3n) is 5.98. The Bertz CT molecular complexity index is 1340. The van der Waals surface area contributed by atoms with Crippen LogP contribution in [-0.4, -0.2) is 21.6 Å². The lowest BCUT2D eigenvalue weighted by molar-refractivity contribution is -0.112. The Labute approximate surface area is 196 Å². The summed E-state index contributed by atoms with van der Waals surface area (Å²) in [5, 5.41) is 23.1. The van der Waals surface area contributed by atoms with Crippen molar-refractivity contribution in [2.45, 2.75) is 46.5 Å². The van der Waals surface area contributed by atoms with E-state index in [1.54, 1.807) is 12.1 Å². The highest BCUT2D eigenvalue weighted by Gasteiger charge is 2.27. The summed E-state index contributed by atoms with van der Waals surface area (Å²) in [7, 11) is 0.